The maximum Gasteiger partial charge on any atom is 0.130 e. The molecule has 0 heterocycles. The highest BCUT2D eigenvalue weighted by molar-refractivity contribution is 5.34. The molecule has 1 atom stereocenters. The Labute approximate surface area is 85.1 Å². The van der Waals surface area contributed by atoms with Crippen molar-refractivity contribution in [1.29, 1.82) is 0 Å². The van der Waals surface area contributed by atoms with Crippen LogP contribution in [0.15, 0.2) is 24.3 Å². The molecular formula is C12H18FN. The maximum atomic E-state index is 13.8. The van der Waals surface area contributed by atoms with Crippen LogP contribution in [-0.4, -0.2) is 6.54 Å². The van der Waals surface area contributed by atoms with Gasteiger partial charge in [0.15, 0.2) is 0 Å². The summed E-state index contributed by atoms with van der Waals surface area (Å²) >= 11 is 0. The minimum absolute atomic E-state index is 0.209. The average molecular weight is 195 g/mol. The van der Waals surface area contributed by atoms with Gasteiger partial charge >= 0.3 is 0 Å². The smallest absolute Gasteiger partial charge is 0.130 e. The van der Waals surface area contributed by atoms with Gasteiger partial charge < -0.3 is 5.73 Å². The summed E-state index contributed by atoms with van der Waals surface area (Å²) in [6.07, 6.45) is 0. The molecule has 1 aromatic rings. The van der Waals surface area contributed by atoms with E-state index in [1.807, 2.05) is 31.2 Å². The number of halogens is 1. The highest BCUT2D eigenvalue weighted by atomic mass is 19.1. The lowest BCUT2D eigenvalue weighted by Gasteiger charge is -2.22. The summed E-state index contributed by atoms with van der Waals surface area (Å²) in [5.41, 5.74) is 6.07. The van der Waals surface area contributed by atoms with E-state index in [9.17, 15) is 4.39 Å². The highest BCUT2D eigenvalue weighted by Crippen LogP contribution is 2.31. The van der Waals surface area contributed by atoms with Crippen LogP contribution in [0, 0.1) is 0 Å². The molecule has 2 heteroatoms. The molecule has 0 aliphatic carbocycles. The van der Waals surface area contributed by atoms with Crippen molar-refractivity contribution < 1.29 is 4.39 Å². The number of hydrogen-bond acceptors (Lipinski definition) is 1. The molecule has 1 aromatic carbocycles. The third-order valence-corrected chi connectivity index (χ3v) is 2.49. The van der Waals surface area contributed by atoms with E-state index in [-0.39, 0.29) is 5.92 Å². The van der Waals surface area contributed by atoms with Gasteiger partial charge in [-0.1, -0.05) is 31.2 Å². The Morgan fingerprint density at radius 1 is 1.36 bits per heavy atom. The van der Waals surface area contributed by atoms with Gasteiger partial charge in [-0.25, -0.2) is 4.39 Å². The van der Waals surface area contributed by atoms with E-state index >= 15 is 0 Å². The van der Waals surface area contributed by atoms with E-state index < -0.39 is 5.67 Å². The molecule has 0 aromatic heterocycles. The molecule has 0 aliphatic heterocycles. The Bertz CT molecular complexity index is 301. The standard InChI is InChI=1S/C12H18FN/c1-9(8-14)10-6-4-5-7-11(10)12(2,3)13/h4-7,9H,8,14H2,1-3H3. The molecule has 0 amide bonds. The van der Waals surface area contributed by atoms with Gasteiger partial charge in [-0.05, 0) is 37.4 Å². The van der Waals surface area contributed by atoms with Gasteiger partial charge in [0.1, 0.15) is 5.67 Å². The number of hydrogen-bond donors (Lipinski definition) is 1. The zero-order chi connectivity index (χ0) is 10.8. The molecule has 1 unspecified atom stereocenters. The van der Waals surface area contributed by atoms with Crippen LogP contribution in [0.3, 0.4) is 0 Å². The van der Waals surface area contributed by atoms with Crippen LogP contribution in [-0.2, 0) is 5.67 Å². The number of benzene rings is 1. The molecule has 1 rings (SSSR count). The zero-order valence-electron chi connectivity index (χ0n) is 9.05. The van der Waals surface area contributed by atoms with Crippen molar-refractivity contribution in [2.45, 2.75) is 32.4 Å². The number of nitrogens with two attached hydrogens (primary N) is 1. The van der Waals surface area contributed by atoms with Crippen molar-refractivity contribution in [2.75, 3.05) is 6.54 Å². The monoisotopic (exact) mass is 195 g/mol. The molecule has 78 valence electrons. The summed E-state index contributed by atoms with van der Waals surface area (Å²) in [6.45, 7) is 5.72. The van der Waals surface area contributed by atoms with E-state index in [4.69, 9.17) is 5.73 Å². The molecule has 14 heavy (non-hydrogen) atoms. The molecule has 0 fully saturated rings. The van der Waals surface area contributed by atoms with Crippen LogP contribution >= 0.6 is 0 Å². The minimum atomic E-state index is -1.29. The first-order valence-corrected chi connectivity index (χ1v) is 4.95. The summed E-state index contributed by atoms with van der Waals surface area (Å²) in [5, 5.41) is 0. The topological polar surface area (TPSA) is 26.0 Å². The van der Waals surface area contributed by atoms with E-state index in [1.165, 1.54) is 0 Å². The first kappa shape index (κ1) is 11.2. The first-order valence-electron chi connectivity index (χ1n) is 4.95. The van der Waals surface area contributed by atoms with Crippen LogP contribution in [0.2, 0.25) is 0 Å². The molecule has 0 bridgehead atoms. The lowest BCUT2D eigenvalue weighted by molar-refractivity contribution is 0.219. The second-order valence-electron chi connectivity index (χ2n) is 4.20. The van der Waals surface area contributed by atoms with Crippen molar-refractivity contribution in [2.24, 2.45) is 5.73 Å². The van der Waals surface area contributed by atoms with Crippen molar-refractivity contribution in [3.63, 3.8) is 0 Å². The van der Waals surface area contributed by atoms with E-state index in [0.717, 1.165) is 11.1 Å². The summed E-state index contributed by atoms with van der Waals surface area (Å²) in [6, 6.07) is 7.58. The van der Waals surface area contributed by atoms with Gasteiger partial charge in [-0.15, -0.1) is 0 Å². The second-order valence-corrected chi connectivity index (χ2v) is 4.20. The predicted molar refractivity (Wildman–Crippen MR) is 58.0 cm³/mol. The molecule has 1 nitrogen and oxygen atoms in total. The van der Waals surface area contributed by atoms with Crippen LogP contribution in [0.25, 0.3) is 0 Å². The van der Waals surface area contributed by atoms with Crippen molar-refractivity contribution in [3.05, 3.63) is 35.4 Å². The molecular weight excluding hydrogens is 177 g/mol. The third-order valence-electron chi connectivity index (χ3n) is 2.49. The Hall–Kier alpha value is -0.890. The van der Waals surface area contributed by atoms with Crippen LogP contribution in [0.5, 0.6) is 0 Å². The molecule has 2 N–H and O–H groups in total. The van der Waals surface area contributed by atoms with Crippen molar-refractivity contribution in [3.8, 4) is 0 Å². The predicted octanol–water partition coefficient (Wildman–Crippen LogP) is 2.95. The fourth-order valence-electron chi connectivity index (χ4n) is 1.60. The Morgan fingerprint density at radius 3 is 2.43 bits per heavy atom. The molecule has 0 aliphatic rings. The Morgan fingerprint density at radius 2 is 1.93 bits per heavy atom. The summed E-state index contributed by atoms with van der Waals surface area (Å²) in [5.74, 6) is 0.209. The van der Waals surface area contributed by atoms with E-state index in [1.54, 1.807) is 13.8 Å². The number of alkyl halides is 1. The largest absolute Gasteiger partial charge is 0.330 e. The van der Waals surface area contributed by atoms with Gasteiger partial charge in [0.05, 0.1) is 0 Å². The Balaban J connectivity index is 3.16. The van der Waals surface area contributed by atoms with Crippen LogP contribution < -0.4 is 5.73 Å². The average Bonchev–Trinajstić information content (AvgIpc) is 2.15. The Kier molecular flexibility index (Phi) is 3.27. The quantitative estimate of drug-likeness (QED) is 0.788. The highest BCUT2D eigenvalue weighted by Gasteiger charge is 2.23. The van der Waals surface area contributed by atoms with Crippen LogP contribution in [0.1, 0.15) is 37.8 Å². The van der Waals surface area contributed by atoms with Crippen LogP contribution in [0.4, 0.5) is 4.39 Å². The maximum absolute atomic E-state index is 13.8. The van der Waals surface area contributed by atoms with E-state index in [0.29, 0.717) is 6.54 Å². The molecule has 0 radical (unpaired) electrons. The molecule has 0 saturated heterocycles. The fourth-order valence-corrected chi connectivity index (χ4v) is 1.60. The fraction of sp³-hybridized carbons (Fsp3) is 0.500. The summed E-state index contributed by atoms with van der Waals surface area (Å²) in [7, 11) is 0. The lowest BCUT2D eigenvalue weighted by atomic mass is 9.88. The number of rotatable bonds is 3. The van der Waals surface area contributed by atoms with Gasteiger partial charge in [0.25, 0.3) is 0 Å². The zero-order valence-corrected chi connectivity index (χ0v) is 9.05. The summed E-state index contributed by atoms with van der Waals surface area (Å²) < 4.78 is 13.8. The second kappa shape index (κ2) is 4.09. The first-order chi connectivity index (χ1) is 6.46. The van der Waals surface area contributed by atoms with Crippen molar-refractivity contribution >= 4 is 0 Å². The molecule has 0 spiro atoms. The summed E-state index contributed by atoms with van der Waals surface area (Å²) in [4.78, 5) is 0. The minimum Gasteiger partial charge on any atom is -0.330 e. The SMILES string of the molecule is CC(CN)c1ccccc1C(C)(C)F. The third kappa shape index (κ3) is 2.32. The van der Waals surface area contributed by atoms with E-state index in [2.05, 4.69) is 0 Å². The lowest BCUT2D eigenvalue weighted by Crippen LogP contribution is -2.17. The van der Waals surface area contributed by atoms with Crippen molar-refractivity contribution in [1.82, 2.24) is 0 Å². The van der Waals surface area contributed by atoms with Gasteiger partial charge in [0.2, 0.25) is 0 Å². The van der Waals surface area contributed by atoms with Gasteiger partial charge in [0, 0.05) is 0 Å². The normalized spacial score (nSPS) is 14.1. The van der Waals surface area contributed by atoms with Gasteiger partial charge in [-0.3, -0.25) is 0 Å². The van der Waals surface area contributed by atoms with Gasteiger partial charge in [-0.2, -0.15) is 0 Å². The molecule has 0 saturated carbocycles.